The van der Waals surface area contributed by atoms with Gasteiger partial charge in [0.05, 0.1) is 27.6 Å². The predicted molar refractivity (Wildman–Crippen MR) is 168 cm³/mol. The molecule has 0 N–H and O–H groups in total. The number of hydrogen-bond acceptors (Lipinski definition) is 2. The maximum atomic E-state index is 5.23. The van der Waals surface area contributed by atoms with Crippen molar-refractivity contribution >= 4 is 60.2 Å². The summed E-state index contributed by atoms with van der Waals surface area (Å²) >= 11 is 0. The van der Waals surface area contributed by atoms with Gasteiger partial charge in [0.1, 0.15) is 5.65 Å². The Hall–Kier alpha value is -5.48. The van der Waals surface area contributed by atoms with Crippen LogP contribution in [0.3, 0.4) is 0 Å². The fraction of sp³-hybridized carbons (Fsp3) is 0.0270. The van der Waals surface area contributed by atoms with Gasteiger partial charge in [0, 0.05) is 46.0 Å². The van der Waals surface area contributed by atoms with E-state index in [1.165, 1.54) is 60.5 Å². The lowest BCUT2D eigenvalue weighted by molar-refractivity contribution is 1.18. The Bertz CT molecular complexity index is 2550. The number of fused-ring (bicyclic) bond motifs is 16. The molecule has 4 nitrogen and oxygen atoms in total. The zero-order valence-corrected chi connectivity index (χ0v) is 22.0. The fourth-order valence-corrected chi connectivity index (χ4v) is 7.39. The highest BCUT2D eigenvalue weighted by atomic mass is 15.0. The van der Waals surface area contributed by atoms with Crippen LogP contribution in [0.5, 0.6) is 0 Å². The van der Waals surface area contributed by atoms with Crippen molar-refractivity contribution in [2.45, 2.75) is 6.42 Å². The average Bonchev–Trinajstić information content (AvgIpc) is 3.71. The van der Waals surface area contributed by atoms with Crippen LogP contribution < -0.4 is 0 Å². The van der Waals surface area contributed by atoms with Crippen LogP contribution in [-0.2, 0) is 6.42 Å². The summed E-state index contributed by atoms with van der Waals surface area (Å²) in [6.45, 7) is 0. The first-order valence-corrected chi connectivity index (χ1v) is 14.1. The minimum Gasteiger partial charge on any atom is -0.309 e. The molecule has 0 unspecified atom stereocenters. The summed E-state index contributed by atoms with van der Waals surface area (Å²) in [5, 5.41) is 6.24. The summed E-state index contributed by atoms with van der Waals surface area (Å²) in [6.07, 6.45) is 4.75. The number of imidazole rings is 1. The highest BCUT2D eigenvalue weighted by Crippen LogP contribution is 2.48. The van der Waals surface area contributed by atoms with Crippen molar-refractivity contribution in [2.75, 3.05) is 0 Å². The standard InChI is InChI=1S/C37H22N4/c1-2-8-22(9-3-1)40-31-12-6-4-10-26(31)35-27-20-28-23(24(27)16-17-34(35)40)14-15-25-29-21-38-19-18-32(29)41-33-13-7-5-11-30(33)39-37(41)36(25)28/h1-19,21H,20H2. The Kier molecular flexibility index (Phi) is 3.95. The molecule has 1 aliphatic rings. The lowest BCUT2D eigenvalue weighted by Gasteiger charge is -2.12. The molecule has 0 spiro atoms. The van der Waals surface area contributed by atoms with Crippen molar-refractivity contribution < 1.29 is 0 Å². The molecule has 0 amide bonds. The predicted octanol–water partition coefficient (Wildman–Crippen LogP) is 8.86. The molecule has 41 heavy (non-hydrogen) atoms. The molecule has 10 rings (SSSR count). The lowest BCUT2D eigenvalue weighted by Crippen LogP contribution is -1.95. The second-order valence-electron chi connectivity index (χ2n) is 11.0. The van der Waals surface area contributed by atoms with E-state index in [4.69, 9.17) is 4.98 Å². The first-order chi connectivity index (χ1) is 20.4. The first kappa shape index (κ1) is 21.4. The molecule has 5 aromatic carbocycles. The van der Waals surface area contributed by atoms with Gasteiger partial charge in [-0.2, -0.15) is 0 Å². The van der Waals surface area contributed by atoms with Gasteiger partial charge in [-0.05, 0) is 70.1 Å². The number of rotatable bonds is 1. The van der Waals surface area contributed by atoms with Crippen LogP contribution in [0.1, 0.15) is 11.1 Å². The van der Waals surface area contributed by atoms with E-state index >= 15 is 0 Å². The maximum Gasteiger partial charge on any atom is 0.146 e. The van der Waals surface area contributed by atoms with Crippen molar-refractivity contribution in [3.63, 3.8) is 0 Å². The van der Waals surface area contributed by atoms with Crippen molar-refractivity contribution in [3.8, 4) is 16.8 Å². The molecule has 4 aromatic heterocycles. The van der Waals surface area contributed by atoms with Crippen molar-refractivity contribution in [3.05, 3.63) is 133 Å². The molecule has 9 aromatic rings. The smallest absolute Gasteiger partial charge is 0.146 e. The summed E-state index contributed by atoms with van der Waals surface area (Å²) in [5.74, 6) is 0. The zero-order valence-electron chi connectivity index (χ0n) is 22.0. The van der Waals surface area contributed by atoms with Crippen LogP contribution in [0.4, 0.5) is 0 Å². The van der Waals surface area contributed by atoms with E-state index in [-0.39, 0.29) is 0 Å². The third kappa shape index (κ3) is 2.64. The SMILES string of the molecule is c1ccc(-n2c3ccccc3c3c4c(ccc32)-c2ccc3c5cnccc5n5c6ccccc6nc5c3c2C4)cc1. The first-order valence-electron chi connectivity index (χ1n) is 14.1. The molecule has 190 valence electrons. The molecule has 0 saturated carbocycles. The molecule has 1 aliphatic carbocycles. The quantitative estimate of drug-likeness (QED) is 0.202. The van der Waals surface area contributed by atoms with Crippen LogP contribution in [0.15, 0.2) is 122 Å². The summed E-state index contributed by atoms with van der Waals surface area (Å²) in [5.41, 5.74) is 13.4. The highest BCUT2D eigenvalue weighted by molar-refractivity contribution is 6.19. The van der Waals surface area contributed by atoms with E-state index in [0.29, 0.717) is 0 Å². The number of benzene rings is 5. The molecule has 0 fully saturated rings. The van der Waals surface area contributed by atoms with E-state index in [9.17, 15) is 0 Å². The average molecular weight is 523 g/mol. The molecule has 0 saturated heterocycles. The van der Waals surface area contributed by atoms with Crippen molar-refractivity contribution in [1.82, 2.24) is 18.9 Å². The number of aromatic nitrogens is 4. The molecule has 0 bridgehead atoms. The number of nitrogens with zero attached hydrogens (tertiary/aromatic N) is 4. The van der Waals surface area contributed by atoms with Crippen LogP contribution in [0.25, 0.3) is 77.0 Å². The van der Waals surface area contributed by atoms with Gasteiger partial charge in [-0.3, -0.25) is 9.38 Å². The van der Waals surface area contributed by atoms with E-state index < -0.39 is 0 Å². The number of pyridine rings is 2. The van der Waals surface area contributed by atoms with Gasteiger partial charge in [0.15, 0.2) is 0 Å². The minimum absolute atomic E-state index is 0.868. The Balaban J connectivity index is 1.34. The molecule has 4 heteroatoms. The van der Waals surface area contributed by atoms with Gasteiger partial charge in [-0.1, -0.05) is 66.7 Å². The van der Waals surface area contributed by atoms with Gasteiger partial charge in [-0.15, -0.1) is 0 Å². The largest absolute Gasteiger partial charge is 0.309 e. The molecule has 0 aliphatic heterocycles. The van der Waals surface area contributed by atoms with Crippen molar-refractivity contribution in [2.24, 2.45) is 0 Å². The van der Waals surface area contributed by atoms with Crippen LogP contribution in [0.2, 0.25) is 0 Å². The summed E-state index contributed by atoms with van der Waals surface area (Å²) in [7, 11) is 0. The number of hydrogen-bond donors (Lipinski definition) is 0. The van der Waals surface area contributed by atoms with E-state index in [1.807, 2.05) is 12.4 Å². The topological polar surface area (TPSA) is 35.1 Å². The molecular formula is C37H22N4. The van der Waals surface area contributed by atoms with Gasteiger partial charge in [0.25, 0.3) is 0 Å². The van der Waals surface area contributed by atoms with E-state index in [1.54, 1.807) is 0 Å². The second-order valence-corrected chi connectivity index (χ2v) is 11.0. The molecule has 0 radical (unpaired) electrons. The van der Waals surface area contributed by atoms with Gasteiger partial charge < -0.3 is 4.57 Å². The normalized spacial score (nSPS) is 12.8. The van der Waals surface area contributed by atoms with E-state index in [2.05, 4.69) is 123 Å². The molecular weight excluding hydrogens is 500 g/mol. The van der Waals surface area contributed by atoms with Crippen LogP contribution in [0, 0.1) is 0 Å². The third-order valence-corrected chi connectivity index (χ3v) is 9.03. The maximum absolute atomic E-state index is 5.23. The van der Waals surface area contributed by atoms with Crippen LogP contribution >= 0.6 is 0 Å². The summed E-state index contributed by atoms with van der Waals surface area (Å²) in [4.78, 5) is 9.77. The van der Waals surface area contributed by atoms with Gasteiger partial charge >= 0.3 is 0 Å². The van der Waals surface area contributed by atoms with Crippen LogP contribution in [-0.4, -0.2) is 18.9 Å². The summed E-state index contributed by atoms with van der Waals surface area (Å²) in [6, 6.07) is 39.3. The Morgan fingerprint density at radius 2 is 1.29 bits per heavy atom. The van der Waals surface area contributed by atoms with Crippen molar-refractivity contribution in [1.29, 1.82) is 0 Å². The fourth-order valence-electron chi connectivity index (χ4n) is 7.39. The molecule has 0 atom stereocenters. The molecule has 4 heterocycles. The van der Waals surface area contributed by atoms with E-state index in [0.717, 1.165) is 34.0 Å². The zero-order chi connectivity index (χ0) is 26.7. The number of para-hydroxylation sites is 4. The second kappa shape index (κ2) is 7.58. The highest BCUT2D eigenvalue weighted by Gasteiger charge is 2.28. The minimum atomic E-state index is 0.868. The monoisotopic (exact) mass is 522 g/mol. The Morgan fingerprint density at radius 3 is 2.20 bits per heavy atom. The van der Waals surface area contributed by atoms with Gasteiger partial charge in [0.2, 0.25) is 0 Å². The Morgan fingerprint density at radius 1 is 0.537 bits per heavy atom. The Labute approximate surface area is 234 Å². The summed E-state index contributed by atoms with van der Waals surface area (Å²) < 4.78 is 4.74. The lowest BCUT2D eigenvalue weighted by atomic mass is 9.98. The third-order valence-electron chi connectivity index (χ3n) is 9.03. The van der Waals surface area contributed by atoms with Gasteiger partial charge in [-0.25, -0.2) is 4.98 Å².